The molecule has 23 heavy (non-hydrogen) atoms. The molecule has 3 aromatic rings. The molecule has 0 radical (unpaired) electrons. The van der Waals surface area contributed by atoms with Crippen LogP contribution < -0.4 is 0 Å². The van der Waals surface area contributed by atoms with Crippen LogP contribution in [0, 0.1) is 0 Å². The predicted octanol–water partition coefficient (Wildman–Crippen LogP) is 6.97. The van der Waals surface area contributed by atoms with Crippen LogP contribution in [0.25, 0.3) is 22.3 Å². The van der Waals surface area contributed by atoms with Crippen LogP contribution in [-0.2, 0) is 5.41 Å². The molecular formula is C22H21Cl. The Bertz CT molecular complexity index is 736. The van der Waals surface area contributed by atoms with Gasteiger partial charge in [0.15, 0.2) is 0 Å². The third-order valence-electron chi connectivity index (χ3n) is 4.11. The molecule has 0 aliphatic carbocycles. The lowest BCUT2D eigenvalue weighted by molar-refractivity contribution is 0.591. The fraction of sp³-hybridized carbons (Fsp3) is 0.182. The van der Waals surface area contributed by atoms with Gasteiger partial charge in [-0.3, -0.25) is 0 Å². The van der Waals surface area contributed by atoms with Crippen LogP contribution in [0.3, 0.4) is 0 Å². The highest BCUT2D eigenvalue weighted by Gasteiger charge is 2.19. The highest BCUT2D eigenvalue weighted by Crippen LogP contribution is 2.40. The van der Waals surface area contributed by atoms with Crippen molar-refractivity contribution in [3.05, 3.63) is 83.4 Å². The molecule has 0 fully saturated rings. The fourth-order valence-electron chi connectivity index (χ4n) is 2.71. The fourth-order valence-corrected chi connectivity index (χ4v) is 3.04. The number of halogens is 1. The molecule has 1 heteroatoms. The molecule has 0 bridgehead atoms. The third kappa shape index (κ3) is 3.33. The van der Waals surface area contributed by atoms with Gasteiger partial charge in [0.05, 0.1) is 5.02 Å². The molecule has 0 N–H and O–H groups in total. The molecule has 3 rings (SSSR count). The summed E-state index contributed by atoms with van der Waals surface area (Å²) in [5, 5.41) is 0.815. The second-order valence-electron chi connectivity index (χ2n) is 6.87. The quantitative estimate of drug-likeness (QED) is 0.478. The van der Waals surface area contributed by atoms with Crippen molar-refractivity contribution in [2.24, 2.45) is 0 Å². The Hall–Kier alpha value is -2.05. The molecule has 116 valence electrons. The molecule has 0 atom stereocenters. The van der Waals surface area contributed by atoms with Gasteiger partial charge in [-0.05, 0) is 34.2 Å². The smallest absolute Gasteiger partial charge is 0.0562 e. The van der Waals surface area contributed by atoms with E-state index in [4.69, 9.17) is 11.6 Å². The SMILES string of the molecule is CC(C)(C)c1cc(-c2ccccc2)c(Cl)c(-c2ccccc2)c1. The van der Waals surface area contributed by atoms with Crippen molar-refractivity contribution in [2.75, 3.05) is 0 Å². The van der Waals surface area contributed by atoms with Crippen molar-refractivity contribution in [1.29, 1.82) is 0 Å². The zero-order valence-electron chi connectivity index (χ0n) is 13.8. The lowest BCUT2D eigenvalue weighted by atomic mass is 9.83. The molecule has 0 saturated carbocycles. The van der Waals surface area contributed by atoms with Crippen molar-refractivity contribution >= 4 is 11.6 Å². The minimum atomic E-state index is 0.0671. The van der Waals surface area contributed by atoms with Crippen LogP contribution in [-0.4, -0.2) is 0 Å². The summed E-state index contributed by atoms with van der Waals surface area (Å²) in [6.45, 7) is 6.71. The molecule has 3 aromatic carbocycles. The normalized spacial score (nSPS) is 11.5. The largest absolute Gasteiger partial charge is 0.0830 e. The van der Waals surface area contributed by atoms with E-state index in [1.165, 1.54) is 5.56 Å². The van der Waals surface area contributed by atoms with E-state index in [2.05, 4.69) is 81.4 Å². The Morgan fingerprint density at radius 1 is 0.652 bits per heavy atom. The van der Waals surface area contributed by atoms with E-state index in [0.717, 1.165) is 27.3 Å². The van der Waals surface area contributed by atoms with Crippen LogP contribution in [0.1, 0.15) is 26.3 Å². The number of benzene rings is 3. The van der Waals surface area contributed by atoms with Crippen LogP contribution in [0.2, 0.25) is 5.02 Å². The number of hydrogen-bond donors (Lipinski definition) is 0. The van der Waals surface area contributed by atoms with Crippen molar-refractivity contribution in [3.8, 4) is 22.3 Å². The Morgan fingerprint density at radius 2 is 1.04 bits per heavy atom. The van der Waals surface area contributed by atoms with Crippen molar-refractivity contribution in [3.63, 3.8) is 0 Å². The maximum absolute atomic E-state index is 6.80. The standard InChI is InChI=1S/C22H21Cl/c1-22(2,3)18-14-19(16-10-6-4-7-11-16)21(23)20(15-18)17-12-8-5-9-13-17/h4-15H,1-3H3. The molecule has 0 nitrogen and oxygen atoms in total. The Labute approximate surface area is 143 Å². The maximum Gasteiger partial charge on any atom is 0.0562 e. The summed E-state index contributed by atoms with van der Waals surface area (Å²) in [4.78, 5) is 0. The lowest BCUT2D eigenvalue weighted by Crippen LogP contribution is -2.11. The van der Waals surface area contributed by atoms with Gasteiger partial charge in [-0.1, -0.05) is 93.0 Å². The van der Waals surface area contributed by atoms with E-state index in [9.17, 15) is 0 Å². The summed E-state index contributed by atoms with van der Waals surface area (Å²) < 4.78 is 0. The van der Waals surface area contributed by atoms with Gasteiger partial charge >= 0.3 is 0 Å². The summed E-state index contributed by atoms with van der Waals surface area (Å²) in [5.74, 6) is 0. The summed E-state index contributed by atoms with van der Waals surface area (Å²) in [6.07, 6.45) is 0. The van der Waals surface area contributed by atoms with E-state index in [1.807, 2.05) is 12.1 Å². The minimum Gasteiger partial charge on any atom is -0.0830 e. The molecule has 0 heterocycles. The molecule has 0 aliphatic rings. The summed E-state index contributed by atoms with van der Waals surface area (Å²) in [7, 11) is 0. The average Bonchev–Trinajstić information content (AvgIpc) is 2.55. The monoisotopic (exact) mass is 320 g/mol. The van der Waals surface area contributed by atoms with Crippen LogP contribution in [0.5, 0.6) is 0 Å². The highest BCUT2D eigenvalue weighted by molar-refractivity contribution is 6.36. The van der Waals surface area contributed by atoms with E-state index in [1.54, 1.807) is 0 Å². The van der Waals surface area contributed by atoms with Gasteiger partial charge in [0.1, 0.15) is 0 Å². The van der Waals surface area contributed by atoms with Gasteiger partial charge in [-0.15, -0.1) is 0 Å². The average molecular weight is 321 g/mol. The second kappa shape index (κ2) is 6.22. The zero-order valence-corrected chi connectivity index (χ0v) is 14.6. The van der Waals surface area contributed by atoms with E-state index >= 15 is 0 Å². The summed E-state index contributed by atoms with van der Waals surface area (Å²) >= 11 is 6.80. The number of hydrogen-bond acceptors (Lipinski definition) is 0. The Kier molecular flexibility index (Phi) is 4.28. The van der Waals surface area contributed by atoms with Crippen molar-refractivity contribution in [1.82, 2.24) is 0 Å². The minimum absolute atomic E-state index is 0.0671. The Balaban J connectivity index is 2.28. The van der Waals surface area contributed by atoms with E-state index in [-0.39, 0.29) is 5.41 Å². The first-order valence-corrected chi connectivity index (χ1v) is 8.29. The highest BCUT2D eigenvalue weighted by atomic mass is 35.5. The molecule has 0 aromatic heterocycles. The van der Waals surface area contributed by atoms with Gasteiger partial charge in [0.2, 0.25) is 0 Å². The van der Waals surface area contributed by atoms with E-state index < -0.39 is 0 Å². The lowest BCUT2D eigenvalue weighted by Gasteiger charge is -2.23. The molecule has 0 aliphatic heterocycles. The van der Waals surface area contributed by atoms with Crippen LogP contribution in [0.4, 0.5) is 0 Å². The molecule has 0 amide bonds. The molecule has 0 unspecified atom stereocenters. The first-order valence-electron chi connectivity index (χ1n) is 7.92. The number of rotatable bonds is 2. The second-order valence-corrected chi connectivity index (χ2v) is 7.25. The van der Waals surface area contributed by atoms with Gasteiger partial charge in [0.25, 0.3) is 0 Å². The zero-order chi connectivity index (χ0) is 16.4. The van der Waals surface area contributed by atoms with Gasteiger partial charge < -0.3 is 0 Å². The summed E-state index contributed by atoms with van der Waals surface area (Å²) in [6, 6.07) is 25.2. The predicted molar refractivity (Wildman–Crippen MR) is 101 cm³/mol. The van der Waals surface area contributed by atoms with Gasteiger partial charge in [-0.25, -0.2) is 0 Å². The molecule has 0 spiro atoms. The Morgan fingerprint density at radius 3 is 1.39 bits per heavy atom. The van der Waals surface area contributed by atoms with Crippen LogP contribution in [0.15, 0.2) is 72.8 Å². The maximum atomic E-state index is 6.80. The van der Waals surface area contributed by atoms with Crippen molar-refractivity contribution in [2.45, 2.75) is 26.2 Å². The van der Waals surface area contributed by atoms with Gasteiger partial charge in [-0.2, -0.15) is 0 Å². The summed E-state index contributed by atoms with van der Waals surface area (Å²) in [5.41, 5.74) is 5.86. The first kappa shape index (κ1) is 15.8. The first-order chi connectivity index (χ1) is 11.0. The molecular weight excluding hydrogens is 300 g/mol. The molecule has 0 saturated heterocycles. The van der Waals surface area contributed by atoms with E-state index in [0.29, 0.717) is 0 Å². The van der Waals surface area contributed by atoms with Crippen LogP contribution >= 0.6 is 11.6 Å². The van der Waals surface area contributed by atoms with Gasteiger partial charge in [0, 0.05) is 11.1 Å². The topological polar surface area (TPSA) is 0 Å². The third-order valence-corrected chi connectivity index (χ3v) is 4.52. The van der Waals surface area contributed by atoms with Crippen molar-refractivity contribution < 1.29 is 0 Å².